The number of amides is 1. The van der Waals surface area contributed by atoms with Crippen molar-refractivity contribution >= 4 is 16.8 Å². The lowest BCUT2D eigenvalue weighted by molar-refractivity contribution is -0.0223. The Labute approximate surface area is 142 Å². The number of nitrogens with zero attached hydrogens (tertiary/aromatic N) is 2. The molecule has 2 aliphatic rings. The Bertz CT molecular complexity index is 681. The van der Waals surface area contributed by atoms with Gasteiger partial charge in [0.25, 0.3) is 5.91 Å². The van der Waals surface area contributed by atoms with E-state index in [1.165, 1.54) is 0 Å². The molecule has 1 N–H and O–H groups in total. The summed E-state index contributed by atoms with van der Waals surface area (Å²) in [5, 5.41) is 1.09. The summed E-state index contributed by atoms with van der Waals surface area (Å²) in [6, 6.07) is 11.1. The molecule has 0 atom stereocenters. The van der Waals surface area contributed by atoms with Crippen molar-refractivity contribution in [3.05, 3.63) is 36.0 Å². The Morgan fingerprint density at radius 1 is 1.25 bits per heavy atom. The van der Waals surface area contributed by atoms with E-state index in [1.807, 2.05) is 35.2 Å². The molecule has 0 unspecified atom stereocenters. The number of carbonyl (C=O) groups excluding carboxylic acids is 1. The van der Waals surface area contributed by atoms with Crippen molar-refractivity contribution in [1.82, 2.24) is 14.8 Å². The van der Waals surface area contributed by atoms with Gasteiger partial charge in [0.05, 0.1) is 0 Å². The highest BCUT2D eigenvalue weighted by Crippen LogP contribution is 2.25. The second-order valence-electron chi connectivity index (χ2n) is 6.81. The molecule has 0 saturated carbocycles. The van der Waals surface area contributed by atoms with Crippen molar-refractivity contribution in [2.24, 2.45) is 0 Å². The number of aromatic amines is 1. The zero-order valence-electron chi connectivity index (χ0n) is 14.2. The Balaban J connectivity index is 1.39. The number of ether oxygens (including phenoxy) is 1. The first-order valence-electron chi connectivity index (χ1n) is 8.96. The van der Waals surface area contributed by atoms with Crippen LogP contribution in [0.1, 0.15) is 30.3 Å². The van der Waals surface area contributed by atoms with Gasteiger partial charge in [-0.25, -0.2) is 0 Å². The van der Waals surface area contributed by atoms with Gasteiger partial charge in [-0.3, -0.25) is 9.69 Å². The number of para-hydroxylation sites is 1. The SMILES string of the molecule is CCN(C1CCOCC1)C1CN(C(=O)c2cc3ccccc3[nH]2)C1. The van der Waals surface area contributed by atoms with E-state index in [9.17, 15) is 4.79 Å². The number of carbonyl (C=O) groups is 1. The molecule has 1 amide bonds. The maximum Gasteiger partial charge on any atom is 0.270 e. The quantitative estimate of drug-likeness (QED) is 0.938. The Morgan fingerprint density at radius 2 is 2.00 bits per heavy atom. The highest BCUT2D eigenvalue weighted by Gasteiger charge is 2.38. The van der Waals surface area contributed by atoms with Crippen LogP contribution in [-0.4, -0.2) is 65.6 Å². The average molecular weight is 327 g/mol. The predicted octanol–water partition coefficient (Wildman–Crippen LogP) is 2.49. The van der Waals surface area contributed by atoms with Gasteiger partial charge in [0, 0.05) is 49.3 Å². The van der Waals surface area contributed by atoms with Crippen LogP contribution in [0, 0.1) is 0 Å². The molecule has 0 aliphatic carbocycles. The van der Waals surface area contributed by atoms with E-state index < -0.39 is 0 Å². The molecule has 2 aliphatic heterocycles. The van der Waals surface area contributed by atoms with Crippen molar-refractivity contribution in [3.63, 3.8) is 0 Å². The van der Waals surface area contributed by atoms with Gasteiger partial charge < -0.3 is 14.6 Å². The van der Waals surface area contributed by atoms with Crippen molar-refractivity contribution in [3.8, 4) is 0 Å². The molecule has 0 bridgehead atoms. The molecule has 4 rings (SSSR count). The van der Waals surface area contributed by atoms with Gasteiger partial charge in [-0.05, 0) is 31.5 Å². The topological polar surface area (TPSA) is 48.6 Å². The number of fused-ring (bicyclic) bond motifs is 1. The Hall–Kier alpha value is -1.85. The largest absolute Gasteiger partial charge is 0.381 e. The third-order valence-electron chi connectivity index (χ3n) is 5.40. The summed E-state index contributed by atoms with van der Waals surface area (Å²) in [6.07, 6.45) is 2.22. The van der Waals surface area contributed by atoms with Crippen LogP contribution >= 0.6 is 0 Å². The molecule has 24 heavy (non-hydrogen) atoms. The third-order valence-corrected chi connectivity index (χ3v) is 5.40. The van der Waals surface area contributed by atoms with E-state index in [0.29, 0.717) is 17.8 Å². The highest BCUT2D eigenvalue weighted by molar-refractivity contribution is 5.98. The lowest BCUT2D eigenvalue weighted by atomic mass is 10.00. The minimum atomic E-state index is 0.116. The summed E-state index contributed by atoms with van der Waals surface area (Å²) in [4.78, 5) is 20.5. The van der Waals surface area contributed by atoms with Crippen molar-refractivity contribution in [2.45, 2.75) is 31.8 Å². The van der Waals surface area contributed by atoms with Crippen LogP contribution in [0.2, 0.25) is 0 Å². The fourth-order valence-electron chi connectivity index (χ4n) is 4.02. The fourth-order valence-corrected chi connectivity index (χ4v) is 4.02. The molecule has 2 fully saturated rings. The lowest BCUT2D eigenvalue weighted by Gasteiger charge is -2.48. The molecule has 1 aromatic carbocycles. The van der Waals surface area contributed by atoms with E-state index in [1.54, 1.807) is 0 Å². The zero-order chi connectivity index (χ0) is 16.5. The van der Waals surface area contributed by atoms with Crippen molar-refractivity contribution in [1.29, 1.82) is 0 Å². The van der Waals surface area contributed by atoms with E-state index in [4.69, 9.17) is 4.74 Å². The zero-order valence-corrected chi connectivity index (χ0v) is 14.2. The number of H-pyrrole nitrogens is 1. The second kappa shape index (κ2) is 6.57. The standard InChI is InChI=1S/C19H25N3O2/c1-2-22(15-7-9-24-10-8-15)16-12-21(13-16)19(23)18-11-14-5-3-4-6-17(14)20-18/h3-6,11,15-16,20H,2,7-10,12-13H2,1H3. The van der Waals surface area contributed by atoms with Gasteiger partial charge in [-0.1, -0.05) is 25.1 Å². The van der Waals surface area contributed by atoms with Crippen LogP contribution in [0.15, 0.2) is 30.3 Å². The van der Waals surface area contributed by atoms with E-state index >= 15 is 0 Å². The number of hydrogen-bond acceptors (Lipinski definition) is 3. The summed E-state index contributed by atoms with van der Waals surface area (Å²) >= 11 is 0. The lowest BCUT2D eigenvalue weighted by Crippen LogP contribution is -2.63. The molecule has 0 radical (unpaired) electrons. The Kier molecular flexibility index (Phi) is 4.29. The van der Waals surface area contributed by atoms with Crippen LogP contribution in [0.25, 0.3) is 10.9 Å². The van der Waals surface area contributed by atoms with Crippen molar-refractivity contribution < 1.29 is 9.53 Å². The summed E-state index contributed by atoms with van der Waals surface area (Å²) in [7, 11) is 0. The fraction of sp³-hybridized carbons (Fsp3) is 0.526. The molecule has 2 saturated heterocycles. The van der Waals surface area contributed by atoms with E-state index in [2.05, 4.69) is 16.8 Å². The van der Waals surface area contributed by atoms with Crippen molar-refractivity contribution in [2.75, 3.05) is 32.8 Å². The number of rotatable bonds is 4. The van der Waals surface area contributed by atoms with Crippen LogP contribution in [0.3, 0.4) is 0 Å². The maximum atomic E-state index is 12.7. The predicted molar refractivity (Wildman–Crippen MR) is 94.2 cm³/mol. The van der Waals surface area contributed by atoms with Gasteiger partial charge in [-0.2, -0.15) is 0 Å². The van der Waals surface area contributed by atoms with Gasteiger partial charge in [-0.15, -0.1) is 0 Å². The molecule has 5 nitrogen and oxygen atoms in total. The Morgan fingerprint density at radius 3 is 2.71 bits per heavy atom. The molecule has 5 heteroatoms. The monoisotopic (exact) mass is 327 g/mol. The molecular formula is C19H25N3O2. The summed E-state index contributed by atoms with van der Waals surface area (Å²) in [5.74, 6) is 0.116. The number of benzene rings is 1. The molecule has 1 aromatic heterocycles. The summed E-state index contributed by atoms with van der Waals surface area (Å²) in [6.45, 7) is 6.66. The first-order valence-corrected chi connectivity index (χ1v) is 8.96. The molecule has 128 valence electrons. The summed E-state index contributed by atoms with van der Waals surface area (Å²) in [5.41, 5.74) is 1.72. The first-order chi connectivity index (χ1) is 11.8. The smallest absolute Gasteiger partial charge is 0.270 e. The number of nitrogens with one attached hydrogen (secondary N) is 1. The third kappa shape index (κ3) is 2.82. The van der Waals surface area contributed by atoms with Gasteiger partial charge in [0.1, 0.15) is 5.69 Å². The number of likely N-dealkylation sites (tertiary alicyclic amines) is 1. The molecular weight excluding hydrogens is 302 g/mol. The van der Waals surface area contributed by atoms with Gasteiger partial charge in [0.15, 0.2) is 0 Å². The summed E-state index contributed by atoms with van der Waals surface area (Å²) < 4.78 is 5.48. The maximum absolute atomic E-state index is 12.7. The number of likely N-dealkylation sites (N-methyl/N-ethyl adjacent to an activating group) is 1. The highest BCUT2D eigenvalue weighted by atomic mass is 16.5. The second-order valence-corrected chi connectivity index (χ2v) is 6.81. The van der Waals surface area contributed by atoms with Crippen LogP contribution in [0.4, 0.5) is 0 Å². The number of aromatic nitrogens is 1. The minimum Gasteiger partial charge on any atom is -0.381 e. The minimum absolute atomic E-state index is 0.116. The van der Waals surface area contributed by atoms with Crippen LogP contribution in [-0.2, 0) is 4.74 Å². The average Bonchev–Trinajstić information content (AvgIpc) is 3.02. The normalized spacial score (nSPS) is 19.8. The molecule has 0 spiro atoms. The molecule has 3 heterocycles. The number of hydrogen-bond donors (Lipinski definition) is 1. The van der Waals surface area contributed by atoms with Crippen LogP contribution < -0.4 is 0 Å². The van der Waals surface area contributed by atoms with Gasteiger partial charge >= 0.3 is 0 Å². The van der Waals surface area contributed by atoms with E-state index in [-0.39, 0.29) is 5.91 Å². The first kappa shape index (κ1) is 15.7. The van der Waals surface area contributed by atoms with Gasteiger partial charge in [0.2, 0.25) is 0 Å². The van der Waals surface area contributed by atoms with Crippen LogP contribution in [0.5, 0.6) is 0 Å². The van der Waals surface area contributed by atoms with E-state index in [0.717, 1.165) is 56.6 Å². The molecule has 2 aromatic rings.